The number of carbonyl (C=O) groups excluding carboxylic acids is 1. The highest BCUT2D eigenvalue weighted by atomic mass is 79.9. The molecule has 0 aliphatic heterocycles. The molecule has 0 amide bonds. The average molecular weight is 512 g/mol. The molecule has 0 bridgehead atoms. The molecule has 0 saturated carbocycles. The number of rotatable bonds is 10. The molecule has 31 heavy (non-hydrogen) atoms. The normalized spacial score (nSPS) is 12.6. The number of hydrogen-bond acceptors (Lipinski definition) is 7. The Kier molecular flexibility index (Phi) is 9.82. The summed E-state index contributed by atoms with van der Waals surface area (Å²) in [5.41, 5.74) is 2.32. The lowest BCUT2D eigenvalue weighted by molar-refractivity contribution is -0.153. The zero-order chi connectivity index (χ0) is 23.0. The smallest absolute Gasteiger partial charge is 0.338 e. The van der Waals surface area contributed by atoms with Crippen molar-refractivity contribution < 1.29 is 18.6 Å². The van der Waals surface area contributed by atoms with Crippen LogP contribution in [0.3, 0.4) is 0 Å². The van der Waals surface area contributed by atoms with Crippen LogP contribution in [0, 0.1) is 6.92 Å². The number of esters is 1. The van der Waals surface area contributed by atoms with Crippen LogP contribution in [0.5, 0.6) is 0 Å². The molecular weight excluding hydrogens is 481 g/mol. The highest BCUT2D eigenvalue weighted by Crippen LogP contribution is 2.45. The van der Waals surface area contributed by atoms with Gasteiger partial charge in [-0.3, -0.25) is 0 Å². The monoisotopic (exact) mass is 511 g/mol. The Morgan fingerprint density at radius 1 is 1.23 bits per heavy atom. The summed E-state index contributed by atoms with van der Waals surface area (Å²) < 4.78 is 17.8. The summed E-state index contributed by atoms with van der Waals surface area (Å²) in [4.78, 5) is 22.1. The van der Waals surface area contributed by atoms with Crippen molar-refractivity contribution in [2.75, 3.05) is 18.5 Å². The van der Waals surface area contributed by atoms with Crippen LogP contribution < -0.4 is 5.32 Å². The van der Waals surface area contributed by atoms with Gasteiger partial charge in [-0.2, -0.15) is 0 Å². The number of nitrogens with one attached hydrogen (secondary N) is 1. The van der Waals surface area contributed by atoms with E-state index in [1.807, 2.05) is 59.7 Å². The summed E-state index contributed by atoms with van der Waals surface area (Å²) in [6.45, 7) is 12.1. The second-order valence-electron chi connectivity index (χ2n) is 7.86. The molecule has 1 N–H and O–H groups in total. The SMILES string of the molecule is CCOP(OCC)C(Nc1ncc(Br)nc1Cc1cccc(C)c1)C(=O)OC(C)(C)C. The van der Waals surface area contributed by atoms with Gasteiger partial charge in [0, 0.05) is 6.42 Å². The van der Waals surface area contributed by atoms with Crippen LogP contribution in [0.1, 0.15) is 51.4 Å². The van der Waals surface area contributed by atoms with E-state index in [-0.39, 0.29) is 0 Å². The van der Waals surface area contributed by atoms with E-state index in [2.05, 4.69) is 37.3 Å². The quantitative estimate of drug-likeness (QED) is 0.328. The summed E-state index contributed by atoms with van der Waals surface area (Å²) in [5, 5.41) is 3.21. The first kappa shape index (κ1) is 25.7. The van der Waals surface area contributed by atoms with Crippen LogP contribution in [-0.4, -0.2) is 40.5 Å². The molecule has 0 aliphatic carbocycles. The lowest BCUT2D eigenvalue weighted by atomic mass is 10.1. The number of nitrogens with zero attached hydrogens (tertiary/aromatic N) is 2. The summed E-state index contributed by atoms with van der Waals surface area (Å²) >= 11 is 3.40. The van der Waals surface area contributed by atoms with E-state index < -0.39 is 25.7 Å². The van der Waals surface area contributed by atoms with Gasteiger partial charge in [0.05, 0.1) is 25.1 Å². The Morgan fingerprint density at radius 3 is 2.48 bits per heavy atom. The van der Waals surface area contributed by atoms with Crippen LogP contribution in [0.15, 0.2) is 35.1 Å². The van der Waals surface area contributed by atoms with Crippen LogP contribution in [0.25, 0.3) is 0 Å². The topological polar surface area (TPSA) is 82.6 Å². The van der Waals surface area contributed by atoms with Gasteiger partial charge in [-0.1, -0.05) is 29.8 Å². The lowest BCUT2D eigenvalue weighted by Gasteiger charge is -2.29. The molecule has 2 aromatic rings. The minimum Gasteiger partial charge on any atom is -0.458 e. The van der Waals surface area contributed by atoms with Crippen LogP contribution in [0.2, 0.25) is 0 Å². The Balaban J connectivity index is 2.39. The van der Waals surface area contributed by atoms with Crippen LogP contribution in [-0.2, 0) is 25.0 Å². The first-order chi connectivity index (χ1) is 14.6. The van der Waals surface area contributed by atoms with Gasteiger partial charge in [0.2, 0.25) is 8.38 Å². The zero-order valence-corrected chi connectivity index (χ0v) is 21.4. The fraction of sp³-hybridized carbons (Fsp3) is 0.500. The molecule has 9 heteroatoms. The molecule has 0 radical (unpaired) electrons. The van der Waals surface area contributed by atoms with Gasteiger partial charge in [-0.05, 0) is 63.0 Å². The van der Waals surface area contributed by atoms with Crippen molar-refractivity contribution in [3.63, 3.8) is 0 Å². The fourth-order valence-corrected chi connectivity index (χ4v) is 4.44. The maximum Gasteiger partial charge on any atom is 0.338 e. The number of carbonyl (C=O) groups is 1. The minimum atomic E-state index is -1.59. The molecule has 0 aliphatic rings. The van der Waals surface area contributed by atoms with Gasteiger partial charge in [0.25, 0.3) is 0 Å². The van der Waals surface area contributed by atoms with E-state index in [1.165, 1.54) is 0 Å². The van der Waals surface area contributed by atoms with Crippen molar-refractivity contribution in [3.8, 4) is 0 Å². The molecular formula is C22H31BrN3O4P. The zero-order valence-electron chi connectivity index (χ0n) is 18.9. The summed E-state index contributed by atoms with van der Waals surface area (Å²) in [5.74, 6) is -0.805. The third-order valence-corrected chi connectivity index (χ3v) is 6.07. The van der Waals surface area contributed by atoms with Crippen LogP contribution >= 0.6 is 24.3 Å². The largest absolute Gasteiger partial charge is 0.458 e. The fourth-order valence-electron chi connectivity index (χ4n) is 2.79. The molecule has 1 atom stereocenters. The molecule has 7 nitrogen and oxygen atoms in total. The second-order valence-corrected chi connectivity index (χ2v) is 10.3. The van der Waals surface area contributed by atoms with Gasteiger partial charge >= 0.3 is 5.97 Å². The van der Waals surface area contributed by atoms with E-state index in [0.29, 0.717) is 35.7 Å². The average Bonchev–Trinajstić information content (AvgIpc) is 2.66. The Morgan fingerprint density at radius 2 is 1.90 bits per heavy atom. The maximum absolute atomic E-state index is 13.0. The molecule has 0 fully saturated rings. The number of anilines is 1. The molecule has 1 heterocycles. The van der Waals surface area contributed by atoms with Crippen molar-refractivity contribution >= 4 is 36.1 Å². The maximum atomic E-state index is 13.0. The van der Waals surface area contributed by atoms with Gasteiger partial charge in [-0.15, -0.1) is 0 Å². The van der Waals surface area contributed by atoms with Crippen molar-refractivity contribution in [2.45, 2.75) is 59.3 Å². The number of benzene rings is 1. The Hall–Kier alpha value is -1.60. The van der Waals surface area contributed by atoms with Gasteiger partial charge in [0.1, 0.15) is 16.0 Å². The Bertz CT molecular complexity index is 870. The molecule has 170 valence electrons. The molecule has 1 unspecified atom stereocenters. The van der Waals surface area contributed by atoms with E-state index in [9.17, 15) is 4.79 Å². The predicted octanol–water partition coefficient (Wildman–Crippen LogP) is 5.60. The molecule has 1 aromatic heterocycles. The van der Waals surface area contributed by atoms with Gasteiger partial charge in [-0.25, -0.2) is 14.8 Å². The van der Waals surface area contributed by atoms with E-state index in [0.717, 1.165) is 11.1 Å². The Labute approximate surface area is 194 Å². The van der Waals surface area contributed by atoms with Crippen LogP contribution in [0.4, 0.5) is 5.82 Å². The first-order valence-corrected chi connectivity index (χ1v) is 12.3. The summed E-state index contributed by atoms with van der Waals surface area (Å²) in [6.07, 6.45) is 2.15. The third-order valence-electron chi connectivity index (χ3n) is 3.90. The highest BCUT2D eigenvalue weighted by molar-refractivity contribution is 9.10. The number of aryl methyl sites for hydroxylation is 1. The van der Waals surface area contributed by atoms with E-state index in [4.69, 9.17) is 13.8 Å². The van der Waals surface area contributed by atoms with E-state index >= 15 is 0 Å². The van der Waals surface area contributed by atoms with Gasteiger partial charge < -0.3 is 19.1 Å². The lowest BCUT2D eigenvalue weighted by Crippen LogP contribution is -2.36. The summed E-state index contributed by atoms with van der Waals surface area (Å²) in [6, 6.07) is 8.20. The second kappa shape index (κ2) is 11.9. The standard InChI is InChI=1S/C22H31BrN3O4P/c1-7-28-31(29-8-2)20(21(27)30-22(4,5)6)26-19-17(25-18(23)14-24-19)13-16-11-9-10-15(3)12-16/h9-12,14,20H,7-8,13H2,1-6H3,(H,24,26). The predicted molar refractivity (Wildman–Crippen MR) is 127 cm³/mol. The van der Waals surface area contributed by atoms with Gasteiger partial charge in [0.15, 0.2) is 5.78 Å². The minimum absolute atomic E-state index is 0.412. The molecule has 2 rings (SSSR count). The highest BCUT2D eigenvalue weighted by Gasteiger charge is 2.35. The van der Waals surface area contributed by atoms with Crippen molar-refractivity contribution in [1.82, 2.24) is 9.97 Å². The van der Waals surface area contributed by atoms with Crippen molar-refractivity contribution in [1.29, 1.82) is 0 Å². The number of hydrogen-bond donors (Lipinski definition) is 1. The number of halogens is 1. The third kappa shape index (κ3) is 8.45. The molecule has 0 spiro atoms. The van der Waals surface area contributed by atoms with Crippen molar-refractivity contribution in [2.24, 2.45) is 0 Å². The van der Waals surface area contributed by atoms with Crippen molar-refractivity contribution in [3.05, 3.63) is 51.9 Å². The number of aromatic nitrogens is 2. The number of ether oxygens (including phenoxy) is 1. The molecule has 1 aromatic carbocycles. The van der Waals surface area contributed by atoms with E-state index in [1.54, 1.807) is 6.20 Å². The summed E-state index contributed by atoms with van der Waals surface area (Å²) in [7, 11) is -1.59. The first-order valence-electron chi connectivity index (χ1n) is 10.2. The molecule has 0 saturated heterocycles.